The molecule has 4 atom stereocenters. The summed E-state index contributed by atoms with van der Waals surface area (Å²) < 4.78 is 7.10. The van der Waals surface area contributed by atoms with E-state index in [4.69, 9.17) is 16.0 Å². The molecule has 0 amide bonds. The molecule has 0 saturated heterocycles. The van der Waals surface area contributed by atoms with Crippen molar-refractivity contribution in [3.8, 4) is 0 Å². The molecule has 234 valence electrons. The molecule has 3 N–H and O–H groups in total. The number of thiophene rings is 1. The standard InChI is InChI=1S/C33H46ClN3O4SSi/c1-19(2)43(20(3)4,21(5)6)41-29-14-26(12-23(29)17-38)37-32-27(16-35-18-36-32)31(39)30-15-28(22(7)42-30)33(8,40)24-10-9-11-25(34)13-24/h9-11,13,15-16,18-21,23,26,29,38,40H,12,14,17H2,1-8H3,(H,35,36,37)/t23-,26-,29+,33+/m1/s1. The Bertz CT molecular complexity index is 1400. The van der Waals surface area contributed by atoms with E-state index in [1.54, 1.807) is 37.4 Å². The molecule has 3 aromatic rings. The van der Waals surface area contributed by atoms with Crippen LogP contribution in [0.25, 0.3) is 0 Å². The molecule has 1 aliphatic carbocycles. The lowest BCUT2D eigenvalue weighted by Gasteiger charge is -2.45. The summed E-state index contributed by atoms with van der Waals surface area (Å²) in [5, 5.41) is 25.9. The maximum Gasteiger partial charge on any atom is 0.208 e. The molecule has 1 aromatic carbocycles. The predicted octanol–water partition coefficient (Wildman–Crippen LogP) is 7.73. The molecular formula is C33H46ClN3O4SSi. The van der Waals surface area contributed by atoms with Gasteiger partial charge in [0.05, 0.1) is 16.5 Å². The maximum absolute atomic E-state index is 13.8. The number of ketones is 1. The number of hydrogen-bond donors (Lipinski definition) is 3. The van der Waals surface area contributed by atoms with Crippen LogP contribution in [-0.4, -0.2) is 53.0 Å². The van der Waals surface area contributed by atoms with Crippen LogP contribution in [-0.2, 0) is 10.0 Å². The van der Waals surface area contributed by atoms with Gasteiger partial charge in [0, 0.05) is 40.2 Å². The van der Waals surface area contributed by atoms with E-state index in [2.05, 4.69) is 56.8 Å². The van der Waals surface area contributed by atoms with Crippen molar-refractivity contribution in [2.75, 3.05) is 11.9 Å². The second-order valence-electron chi connectivity index (χ2n) is 13.0. The first kappa shape index (κ1) is 33.7. The fraction of sp³-hybridized carbons (Fsp3) is 0.545. The van der Waals surface area contributed by atoms with Crippen molar-refractivity contribution in [3.63, 3.8) is 0 Å². The van der Waals surface area contributed by atoms with Gasteiger partial charge in [-0.15, -0.1) is 11.3 Å². The summed E-state index contributed by atoms with van der Waals surface area (Å²) >= 11 is 7.54. The molecule has 2 heterocycles. The largest absolute Gasteiger partial charge is 0.413 e. The molecule has 2 aromatic heterocycles. The predicted molar refractivity (Wildman–Crippen MR) is 178 cm³/mol. The third-order valence-corrected chi connectivity index (χ3v) is 16.7. The number of aromatic nitrogens is 2. The number of nitrogens with one attached hydrogen (secondary N) is 1. The van der Waals surface area contributed by atoms with Crippen molar-refractivity contribution in [2.45, 2.75) is 103 Å². The highest BCUT2D eigenvalue weighted by atomic mass is 35.5. The van der Waals surface area contributed by atoms with Crippen LogP contribution in [0.1, 0.15) is 92.5 Å². The molecule has 0 bridgehead atoms. The minimum absolute atomic E-state index is 0.00835. The minimum Gasteiger partial charge on any atom is -0.413 e. The van der Waals surface area contributed by atoms with Crippen LogP contribution in [0.3, 0.4) is 0 Å². The monoisotopic (exact) mass is 643 g/mol. The Morgan fingerprint density at radius 2 is 1.84 bits per heavy atom. The maximum atomic E-state index is 13.8. The second kappa shape index (κ2) is 13.5. The smallest absolute Gasteiger partial charge is 0.208 e. The van der Waals surface area contributed by atoms with Gasteiger partial charge >= 0.3 is 0 Å². The highest BCUT2D eigenvalue weighted by Gasteiger charge is 2.49. The summed E-state index contributed by atoms with van der Waals surface area (Å²) in [5.41, 5.74) is 1.70. The van der Waals surface area contributed by atoms with Crippen LogP contribution in [0, 0.1) is 12.8 Å². The van der Waals surface area contributed by atoms with Crippen LogP contribution in [0.5, 0.6) is 0 Å². The van der Waals surface area contributed by atoms with E-state index in [9.17, 15) is 15.0 Å². The van der Waals surface area contributed by atoms with Crippen molar-refractivity contribution in [1.82, 2.24) is 9.97 Å². The number of hydrogen-bond acceptors (Lipinski definition) is 8. The fourth-order valence-electron chi connectivity index (χ4n) is 7.17. The molecule has 1 aliphatic rings. The summed E-state index contributed by atoms with van der Waals surface area (Å²) in [4.78, 5) is 23.8. The van der Waals surface area contributed by atoms with Gasteiger partial charge in [0.1, 0.15) is 17.7 Å². The number of nitrogens with zero attached hydrogens (tertiary/aromatic N) is 2. The van der Waals surface area contributed by atoms with Crippen molar-refractivity contribution < 1.29 is 19.4 Å². The molecule has 43 heavy (non-hydrogen) atoms. The van der Waals surface area contributed by atoms with Gasteiger partial charge in [0.15, 0.2) is 0 Å². The Balaban J connectivity index is 1.57. The molecule has 0 unspecified atom stereocenters. The van der Waals surface area contributed by atoms with Crippen molar-refractivity contribution in [2.24, 2.45) is 5.92 Å². The first-order valence-corrected chi connectivity index (χ1v) is 18.5. The normalized spacial score (nSPS) is 20.7. The molecular weight excluding hydrogens is 598 g/mol. The summed E-state index contributed by atoms with van der Waals surface area (Å²) in [6, 6.07) is 8.88. The van der Waals surface area contributed by atoms with Gasteiger partial charge in [-0.25, -0.2) is 9.97 Å². The molecule has 7 nitrogen and oxygen atoms in total. The topological polar surface area (TPSA) is 105 Å². The van der Waals surface area contributed by atoms with Gasteiger partial charge in [-0.1, -0.05) is 65.3 Å². The van der Waals surface area contributed by atoms with Crippen molar-refractivity contribution in [3.05, 3.63) is 74.3 Å². The van der Waals surface area contributed by atoms with Crippen LogP contribution in [0.4, 0.5) is 5.82 Å². The highest BCUT2D eigenvalue weighted by molar-refractivity contribution is 7.14. The SMILES string of the molecule is Cc1sc(C(=O)c2cncnc2N[C@@H]2C[C@H](CO)[C@@H](O[Si](C(C)C)(C(C)C)C(C)C)C2)cc1[C@@](C)(O)c1cccc(Cl)c1. The second-order valence-corrected chi connectivity index (χ2v) is 20.1. The van der Waals surface area contributed by atoms with E-state index in [0.29, 0.717) is 49.0 Å². The first-order valence-electron chi connectivity index (χ1n) is 15.2. The number of benzene rings is 1. The van der Waals surface area contributed by atoms with Gasteiger partial charge in [0.25, 0.3) is 0 Å². The van der Waals surface area contributed by atoms with Crippen LogP contribution < -0.4 is 5.32 Å². The van der Waals surface area contributed by atoms with E-state index in [1.165, 1.54) is 17.7 Å². The number of aryl methyl sites for hydroxylation is 1. The molecule has 0 spiro atoms. The van der Waals surface area contributed by atoms with Gasteiger partial charge in [-0.05, 0) is 67.1 Å². The number of anilines is 1. The number of aliphatic hydroxyl groups excluding tert-OH is 1. The van der Waals surface area contributed by atoms with Crippen molar-refractivity contribution in [1.29, 1.82) is 0 Å². The molecule has 1 saturated carbocycles. The molecule has 0 aliphatic heterocycles. The number of halogens is 1. The highest BCUT2D eigenvalue weighted by Crippen LogP contribution is 2.46. The Morgan fingerprint density at radius 3 is 2.44 bits per heavy atom. The van der Waals surface area contributed by atoms with E-state index >= 15 is 0 Å². The Kier molecular flexibility index (Phi) is 10.6. The van der Waals surface area contributed by atoms with Crippen LogP contribution in [0.2, 0.25) is 21.6 Å². The average Bonchev–Trinajstić information content (AvgIpc) is 3.53. The van der Waals surface area contributed by atoms with E-state index in [-0.39, 0.29) is 30.5 Å². The molecule has 10 heteroatoms. The Morgan fingerprint density at radius 1 is 1.16 bits per heavy atom. The number of aliphatic hydroxyl groups is 2. The third kappa shape index (κ3) is 6.77. The van der Waals surface area contributed by atoms with Gasteiger partial charge < -0.3 is 20.0 Å². The van der Waals surface area contributed by atoms with Gasteiger partial charge in [0.2, 0.25) is 14.1 Å². The third-order valence-electron chi connectivity index (χ3n) is 9.28. The fourth-order valence-corrected chi connectivity index (χ4v) is 14.1. The first-order chi connectivity index (χ1) is 20.2. The lowest BCUT2D eigenvalue weighted by molar-refractivity contribution is 0.0941. The zero-order chi connectivity index (χ0) is 31.7. The van der Waals surface area contributed by atoms with E-state index < -0.39 is 13.9 Å². The average molecular weight is 644 g/mol. The number of rotatable bonds is 12. The molecule has 4 rings (SSSR count). The Hall–Kier alpha value is -2.14. The summed E-state index contributed by atoms with van der Waals surface area (Å²) in [6.45, 7) is 17.3. The van der Waals surface area contributed by atoms with E-state index in [0.717, 1.165) is 17.7 Å². The number of carbonyl (C=O) groups is 1. The van der Waals surface area contributed by atoms with Crippen LogP contribution >= 0.6 is 22.9 Å². The van der Waals surface area contributed by atoms with Gasteiger partial charge in [-0.2, -0.15) is 0 Å². The Labute approximate surface area is 266 Å². The summed E-state index contributed by atoms with van der Waals surface area (Å²) in [7, 11) is -2.14. The zero-order valence-electron chi connectivity index (χ0n) is 26.5. The van der Waals surface area contributed by atoms with Gasteiger partial charge in [-0.3, -0.25) is 4.79 Å². The molecule has 1 fully saturated rings. The van der Waals surface area contributed by atoms with Crippen molar-refractivity contribution >= 4 is 42.9 Å². The number of carbonyl (C=O) groups excluding carboxylic acids is 1. The lowest BCUT2D eigenvalue weighted by Crippen LogP contribution is -2.51. The van der Waals surface area contributed by atoms with Crippen LogP contribution in [0.15, 0.2) is 42.9 Å². The van der Waals surface area contributed by atoms with E-state index in [1.807, 2.05) is 13.0 Å². The zero-order valence-corrected chi connectivity index (χ0v) is 29.1. The quantitative estimate of drug-likeness (QED) is 0.137. The minimum atomic E-state index is -2.14. The summed E-state index contributed by atoms with van der Waals surface area (Å²) in [5.74, 6) is 0.272. The summed E-state index contributed by atoms with van der Waals surface area (Å²) in [6.07, 6.45) is 4.38. The molecule has 0 radical (unpaired) electrons. The lowest BCUT2D eigenvalue weighted by atomic mass is 9.88.